The van der Waals surface area contributed by atoms with Gasteiger partial charge >= 0.3 is 0 Å². The first-order valence-electron chi connectivity index (χ1n) is 11.4. The first-order valence-corrected chi connectivity index (χ1v) is 11.8. The van der Waals surface area contributed by atoms with Crippen molar-refractivity contribution in [3.8, 4) is 22.8 Å². The van der Waals surface area contributed by atoms with Crippen LogP contribution in [0.1, 0.15) is 41.7 Å². The Bertz CT molecular complexity index is 1210. The average Bonchev–Trinajstić information content (AvgIpc) is 3.49. The number of halogens is 1. The molecule has 0 radical (unpaired) electrons. The quantitative estimate of drug-likeness (QED) is 0.443. The molecule has 2 aliphatic rings. The number of carbonyl (C=O) groups is 1. The number of aromatic amines is 1. The summed E-state index contributed by atoms with van der Waals surface area (Å²) in [6, 6.07) is 7.33. The summed E-state index contributed by atoms with van der Waals surface area (Å²) in [5.41, 5.74) is 4.25. The Morgan fingerprint density at radius 3 is 3.00 bits per heavy atom. The summed E-state index contributed by atoms with van der Waals surface area (Å²) in [5, 5.41) is 6.87. The summed E-state index contributed by atoms with van der Waals surface area (Å²) in [4.78, 5) is 20.8. The van der Waals surface area contributed by atoms with Gasteiger partial charge in [0, 0.05) is 36.5 Å². The fraction of sp³-hybridized carbons (Fsp3) is 0.360. The molecule has 0 aliphatic carbocycles. The monoisotopic (exact) mass is 482 g/mol. The summed E-state index contributed by atoms with van der Waals surface area (Å²) in [6.45, 7) is 3.84. The molecule has 8 nitrogen and oxygen atoms in total. The number of ether oxygens (including phenoxy) is 3. The van der Waals surface area contributed by atoms with Crippen molar-refractivity contribution in [1.82, 2.24) is 15.3 Å². The number of rotatable bonds is 7. The van der Waals surface area contributed by atoms with Gasteiger partial charge in [-0.15, -0.1) is 0 Å². The lowest BCUT2D eigenvalue weighted by Crippen LogP contribution is -2.33. The highest BCUT2D eigenvalue weighted by molar-refractivity contribution is 6.32. The molecule has 2 aliphatic heterocycles. The normalized spacial score (nSPS) is 19.4. The van der Waals surface area contributed by atoms with E-state index in [1.165, 1.54) is 0 Å². The summed E-state index contributed by atoms with van der Waals surface area (Å²) >= 11 is 6.36. The van der Waals surface area contributed by atoms with Crippen LogP contribution >= 0.6 is 11.6 Å². The number of nitrogens with zero attached hydrogens (tertiary/aromatic N) is 1. The Labute approximate surface area is 203 Å². The molecule has 1 unspecified atom stereocenters. The molecule has 1 fully saturated rings. The number of pyridine rings is 1. The van der Waals surface area contributed by atoms with E-state index in [-0.39, 0.29) is 17.9 Å². The molecule has 4 heterocycles. The first-order chi connectivity index (χ1) is 16.6. The second kappa shape index (κ2) is 9.56. The molecule has 1 aromatic carbocycles. The van der Waals surface area contributed by atoms with Crippen molar-refractivity contribution in [1.29, 1.82) is 0 Å². The van der Waals surface area contributed by atoms with Crippen LogP contribution in [0, 0.1) is 0 Å². The summed E-state index contributed by atoms with van der Waals surface area (Å²) < 4.78 is 17.4. The summed E-state index contributed by atoms with van der Waals surface area (Å²) in [7, 11) is 1.56. The van der Waals surface area contributed by atoms with Crippen molar-refractivity contribution in [2.24, 2.45) is 0 Å². The molecule has 9 heteroatoms. The minimum absolute atomic E-state index is 0.0732. The molecular formula is C25H27ClN4O4. The number of aromatic nitrogens is 2. The number of H-pyrrole nitrogens is 1. The topological polar surface area (TPSA) is 97.5 Å². The summed E-state index contributed by atoms with van der Waals surface area (Å²) in [6.07, 6.45) is 5.49. The highest BCUT2D eigenvalue weighted by Gasteiger charge is 2.32. The van der Waals surface area contributed by atoms with E-state index in [1.54, 1.807) is 25.6 Å². The predicted octanol–water partition coefficient (Wildman–Crippen LogP) is 4.89. The zero-order valence-electron chi connectivity index (χ0n) is 19.1. The van der Waals surface area contributed by atoms with Gasteiger partial charge in [-0.25, -0.2) is 0 Å². The van der Waals surface area contributed by atoms with E-state index < -0.39 is 0 Å². The van der Waals surface area contributed by atoms with E-state index in [9.17, 15) is 4.79 Å². The van der Waals surface area contributed by atoms with E-state index in [1.807, 2.05) is 18.2 Å². The van der Waals surface area contributed by atoms with Crippen LogP contribution in [-0.2, 0) is 4.74 Å². The molecule has 0 spiro atoms. The van der Waals surface area contributed by atoms with Crippen LogP contribution in [0.4, 0.5) is 11.4 Å². The molecule has 1 saturated heterocycles. The maximum atomic E-state index is 13.0. The molecule has 2 atom stereocenters. The molecule has 0 bridgehead atoms. The molecule has 2 aromatic heterocycles. The Morgan fingerprint density at radius 2 is 2.21 bits per heavy atom. The molecular weight excluding hydrogens is 456 g/mol. The molecule has 34 heavy (non-hydrogen) atoms. The average molecular weight is 483 g/mol. The van der Waals surface area contributed by atoms with Crippen LogP contribution in [-0.4, -0.2) is 48.8 Å². The minimum atomic E-state index is -0.144. The molecule has 178 valence electrons. The number of para-hydroxylation sites is 1. The Balaban J connectivity index is 1.60. The number of benzene rings is 1. The lowest BCUT2D eigenvalue weighted by Gasteiger charge is -2.20. The van der Waals surface area contributed by atoms with Crippen molar-refractivity contribution in [3.63, 3.8) is 0 Å². The van der Waals surface area contributed by atoms with Crippen LogP contribution in [0.15, 0.2) is 36.7 Å². The van der Waals surface area contributed by atoms with Crippen LogP contribution < -0.4 is 20.1 Å². The smallest absolute Gasteiger partial charge is 0.255 e. The van der Waals surface area contributed by atoms with Gasteiger partial charge in [-0.05, 0) is 31.0 Å². The number of fused-ring (bicyclic) bond motifs is 1. The maximum absolute atomic E-state index is 13.0. The lowest BCUT2D eigenvalue weighted by molar-refractivity contribution is 0.0680. The van der Waals surface area contributed by atoms with Gasteiger partial charge in [0.05, 0.1) is 47.1 Å². The molecule has 3 N–H and O–H groups in total. The number of hydrogen-bond donors (Lipinski definition) is 3. The third-order valence-electron chi connectivity index (χ3n) is 6.25. The van der Waals surface area contributed by atoms with Gasteiger partial charge in [-0.2, -0.15) is 0 Å². The number of amides is 1. The van der Waals surface area contributed by atoms with Gasteiger partial charge in [-0.1, -0.05) is 24.6 Å². The second-order valence-corrected chi connectivity index (χ2v) is 8.95. The number of hydrogen-bond acceptors (Lipinski definition) is 6. The van der Waals surface area contributed by atoms with Gasteiger partial charge in [-0.3, -0.25) is 9.78 Å². The fourth-order valence-corrected chi connectivity index (χ4v) is 4.75. The summed E-state index contributed by atoms with van der Waals surface area (Å²) in [5.74, 6) is 1.08. The van der Waals surface area contributed by atoms with Crippen molar-refractivity contribution in [2.45, 2.75) is 31.8 Å². The first kappa shape index (κ1) is 22.6. The zero-order chi connectivity index (χ0) is 23.7. The van der Waals surface area contributed by atoms with Crippen LogP contribution in [0.3, 0.4) is 0 Å². The van der Waals surface area contributed by atoms with E-state index in [2.05, 4.69) is 27.5 Å². The van der Waals surface area contributed by atoms with Crippen molar-refractivity contribution in [3.05, 3.63) is 52.9 Å². The van der Waals surface area contributed by atoms with Gasteiger partial charge in [0.1, 0.15) is 12.4 Å². The van der Waals surface area contributed by atoms with Gasteiger partial charge < -0.3 is 29.8 Å². The van der Waals surface area contributed by atoms with E-state index >= 15 is 0 Å². The Morgan fingerprint density at radius 1 is 1.32 bits per heavy atom. The highest BCUT2D eigenvalue weighted by Crippen LogP contribution is 2.44. The SMILES string of the molecule is COc1c(Cl)cccc1Nc1c(-c2ccncc2OC[C@@H]2CCCO2)[nH]c2c1C(=O)NCC2C. The van der Waals surface area contributed by atoms with Crippen LogP contribution in [0.5, 0.6) is 11.5 Å². The molecule has 3 aromatic rings. The van der Waals surface area contributed by atoms with Crippen molar-refractivity contribution in [2.75, 3.05) is 32.2 Å². The molecule has 5 rings (SSSR count). The lowest BCUT2D eigenvalue weighted by atomic mass is 9.98. The maximum Gasteiger partial charge on any atom is 0.255 e. The third kappa shape index (κ3) is 4.19. The highest BCUT2D eigenvalue weighted by atomic mass is 35.5. The minimum Gasteiger partial charge on any atom is -0.493 e. The standard InChI is InChI=1S/C25H27ClN4O4/c1-14-11-28-25(31)20-21(14)30-22(23(20)29-18-7-3-6-17(26)24(18)32-2)16-8-9-27-12-19(16)34-13-15-5-4-10-33-15/h3,6-9,12,14-15,29-30H,4-5,10-11,13H2,1-2H3,(H,28,31)/t14?,15-/m0/s1. The molecule has 0 saturated carbocycles. The Hall–Kier alpha value is -3.23. The second-order valence-electron chi connectivity index (χ2n) is 8.54. The van der Waals surface area contributed by atoms with E-state index in [4.69, 9.17) is 25.8 Å². The number of methoxy groups -OCH3 is 1. The number of anilines is 2. The van der Waals surface area contributed by atoms with Crippen molar-refractivity contribution >= 4 is 28.9 Å². The Kier molecular flexibility index (Phi) is 6.34. The van der Waals surface area contributed by atoms with Crippen molar-refractivity contribution < 1.29 is 19.0 Å². The third-order valence-corrected chi connectivity index (χ3v) is 6.55. The van der Waals surface area contributed by atoms with Gasteiger partial charge in [0.15, 0.2) is 5.75 Å². The van der Waals surface area contributed by atoms with Gasteiger partial charge in [0.25, 0.3) is 5.91 Å². The predicted molar refractivity (Wildman–Crippen MR) is 131 cm³/mol. The molecule has 1 amide bonds. The van der Waals surface area contributed by atoms with Crippen LogP contribution in [0.2, 0.25) is 5.02 Å². The van der Waals surface area contributed by atoms with Crippen LogP contribution in [0.25, 0.3) is 11.3 Å². The zero-order valence-corrected chi connectivity index (χ0v) is 19.9. The largest absolute Gasteiger partial charge is 0.493 e. The number of nitrogens with one attached hydrogen (secondary N) is 3. The number of carbonyl (C=O) groups excluding carboxylic acids is 1. The van der Waals surface area contributed by atoms with Gasteiger partial charge in [0.2, 0.25) is 0 Å². The van der Waals surface area contributed by atoms with E-state index in [0.717, 1.165) is 36.4 Å². The van der Waals surface area contributed by atoms with E-state index in [0.29, 0.717) is 46.6 Å². The fourth-order valence-electron chi connectivity index (χ4n) is 4.50.